The predicted octanol–water partition coefficient (Wildman–Crippen LogP) is 3.74. The van der Waals surface area contributed by atoms with Gasteiger partial charge in [0.1, 0.15) is 5.82 Å². The zero-order chi connectivity index (χ0) is 19.1. The zero-order valence-electron chi connectivity index (χ0n) is 14.6. The van der Waals surface area contributed by atoms with Crippen molar-refractivity contribution in [3.8, 4) is 0 Å². The van der Waals surface area contributed by atoms with Crippen LogP contribution in [0, 0.1) is 0 Å². The summed E-state index contributed by atoms with van der Waals surface area (Å²) in [5.41, 5.74) is 1.66. The number of nitrogens with zero attached hydrogens (tertiary/aromatic N) is 2. The molecule has 1 aromatic heterocycles. The summed E-state index contributed by atoms with van der Waals surface area (Å²) in [6.45, 7) is 1.87. The first-order valence-electron chi connectivity index (χ1n) is 8.34. The van der Waals surface area contributed by atoms with Gasteiger partial charge in [0.2, 0.25) is 5.91 Å². The van der Waals surface area contributed by atoms with Crippen LogP contribution in [0.5, 0.6) is 0 Å². The van der Waals surface area contributed by atoms with Crippen molar-refractivity contribution in [3.05, 3.63) is 54.6 Å². The van der Waals surface area contributed by atoms with Gasteiger partial charge in [0.25, 0.3) is 0 Å². The first-order chi connectivity index (χ1) is 13.2. The number of amides is 2. The summed E-state index contributed by atoms with van der Waals surface area (Å²) in [5, 5.41) is 6.75. The fourth-order valence-electron chi connectivity index (χ4n) is 2.32. The maximum Gasteiger partial charge on any atom is 0.413 e. The molecule has 2 amide bonds. The third-order valence-electron chi connectivity index (χ3n) is 3.47. The fourth-order valence-corrected chi connectivity index (χ4v) is 2.97. The normalized spacial score (nSPS) is 10.4. The second-order valence-corrected chi connectivity index (χ2v) is 6.36. The van der Waals surface area contributed by atoms with Crippen LogP contribution in [0.15, 0.2) is 59.8 Å². The molecule has 1 heterocycles. The number of rotatable bonds is 6. The summed E-state index contributed by atoms with van der Waals surface area (Å²) < 4.78 is 4.69. The van der Waals surface area contributed by atoms with E-state index in [4.69, 9.17) is 0 Å². The molecule has 3 rings (SSSR count). The van der Waals surface area contributed by atoms with Gasteiger partial charge < -0.3 is 10.1 Å². The third kappa shape index (κ3) is 5.18. The molecule has 0 saturated carbocycles. The molecule has 0 bridgehead atoms. The number of carbonyl (C=O) groups is 2. The van der Waals surface area contributed by atoms with Gasteiger partial charge in [0, 0.05) is 11.1 Å². The smallest absolute Gasteiger partial charge is 0.413 e. The monoisotopic (exact) mass is 382 g/mol. The SMILES string of the molecule is CCOC(=O)NC(=O)CSc1nc(Nc2ccccc2)c2ccccc2n1. The average Bonchev–Trinajstić information content (AvgIpc) is 2.67. The number of thioether (sulfide) groups is 1. The number of carbonyl (C=O) groups excluding carboxylic acids is 2. The molecular weight excluding hydrogens is 364 g/mol. The van der Waals surface area contributed by atoms with E-state index in [2.05, 4.69) is 25.3 Å². The number of anilines is 2. The molecule has 0 aliphatic carbocycles. The Hall–Kier alpha value is -3.13. The molecule has 0 spiro atoms. The summed E-state index contributed by atoms with van der Waals surface area (Å²) in [5.74, 6) is 0.190. The lowest BCUT2D eigenvalue weighted by molar-refractivity contribution is -0.117. The van der Waals surface area contributed by atoms with E-state index in [1.54, 1.807) is 6.92 Å². The van der Waals surface area contributed by atoms with Crippen molar-refractivity contribution in [3.63, 3.8) is 0 Å². The minimum absolute atomic E-state index is 0.00192. The number of fused-ring (bicyclic) bond motifs is 1. The van der Waals surface area contributed by atoms with Gasteiger partial charge in [-0.05, 0) is 31.2 Å². The third-order valence-corrected chi connectivity index (χ3v) is 4.32. The highest BCUT2D eigenvalue weighted by molar-refractivity contribution is 7.99. The van der Waals surface area contributed by atoms with Crippen LogP contribution in [0.3, 0.4) is 0 Å². The molecule has 0 fully saturated rings. The van der Waals surface area contributed by atoms with E-state index in [0.717, 1.165) is 28.4 Å². The van der Waals surface area contributed by atoms with Crippen LogP contribution in [0.2, 0.25) is 0 Å². The van der Waals surface area contributed by atoms with Crippen LogP contribution in [-0.2, 0) is 9.53 Å². The molecule has 8 heteroatoms. The fraction of sp³-hybridized carbons (Fsp3) is 0.158. The molecule has 0 saturated heterocycles. The van der Waals surface area contributed by atoms with E-state index in [9.17, 15) is 9.59 Å². The van der Waals surface area contributed by atoms with Crippen molar-refractivity contribution in [2.24, 2.45) is 0 Å². The molecule has 2 aromatic carbocycles. The Morgan fingerprint density at radius 3 is 2.56 bits per heavy atom. The summed E-state index contributed by atoms with van der Waals surface area (Å²) in [6.07, 6.45) is -0.756. The Balaban J connectivity index is 1.78. The van der Waals surface area contributed by atoms with Gasteiger partial charge in [-0.25, -0.2) is 14.8 Å². The number of alkyl carbamates (subject to hydrolysis) is 1. The molecule has 3 aromatic rings. The minimum atomic E-state index is -0.756. The molecule has 0 unspecified atom stereocenters. The van der Waals surface area contributed by atoms with Crippen LogP contribution >= 0.6 is 11.8 Å². The lowest BCUT2D eigenvalue weighted by Crippen LogP contribution is -2.32. The van der Waals surface area contributed by atoms with E-state index in [1.807, 2.05) is 54.6 Å². The first kappa shape index (κ1) is 18.7. The predicted molar refractivity (Wildman–Crippen MR) is 105 cm³/mol. The molecule has 7 nitrogen and oxygen atoms in total. The highest BCUT2D eigenvalue weighted by Gasteiger charge is 2.12. The maximum atomic E-state index is 11.8. The second-order valence-electron chi connectivity index (χ2n) is 5.42. The van der Waals surface area contributed by atoms with Crippen molar-refractivity contribution < 1.29 is 14.3 Å². The summed E-state index contributed by atoms with van der Waals surface area (Å²) in [7, 11) is 0. The molecule has 27 heavy (non-hydrogen) atoms. The Bertz CT molecular complexity index is 950. The maximum absolute atomic E-state index is 11.8. The summed E-state index contributed by atoms with van der Waals surface area (Å²) in [4.78, 5) is 32.1. The molecule has 138 valence electrons. The number of hydrogen-bond acceptors (Lipinski definition) is 7. The van der Waals surface area contributed by atoms with E-state index in [0.29, 0.717) is 11.0 Å². The summed E-state index contributed by atoms with van der Waals surface area (Å²) >= 11 is 1.15. The van der Waals surface area contributed by atoms with Gasteiger partial charge in [-0.15, -0.1) is 0 Å². The molecule has 0 aliphatic heterocycles. The Morgan fingerprint density at radius 2 is 1.78 bits per heavy atom. The first-order valence-corrected chi connectivity index (χ1v) is 9.32. The van der Waals surface area contributed by atoms with E-state index >= 15 is 0 Å². The number of imide groups is 1. The van der Waals surface area contributed by atoms with Crippen LogP contribution in [0.25, 0.3) is 10.9 Å². The van der Waals surface area contributed by atoms with Gasteiger partial charge in [0.15, 0.2) is 5.16 Å². The van der Waals surface area contributed by atoms with Gasteiger partial charge in [-0.1, -0.05) is 42.1 Å². The van der Waals surface area contributed by atoms with Crippen molar-refractivity contribution >= 4 is 46.2 Å². The average molecular weight is 382 g/mol. The lowest BCUT2D eigenvalue weighted by Gasteiger charge is -2.10. The van der Waals surface area contributed by atoms with Crippen LogP contribution in [0.4, 0.5) is 16.3 Å². The highest BCUT2D eigenvalue weighted by Crippen LogP contribution is 2.26. The second kappa shape index (κ2) is 9.00. The zero-order valence-corrected chi connectivity index (χ0v) is 15.5. The summed E-state index contributed by atoms with van der Waals surface area (Å²) in [6, 6.07) is 17.3. The molecule has 2 N–H and O–H groups in total. The van der Waals surface area contributed by atoms with Crippen molar-refractivity contribution in [2.45, 2.75) is 12.1 Å². The molecule has 0 aliphatic rings. The topological polar surface area (TPSA) is 93.2 Å². The Labute approximate surface area is 160 Å². The number of nitrogens with one attached hydrogen (secondary N) is 2. The number of hydrogen-bond donors (Lipinski definition) is 2. The molecule has 0 atom stereocenters. The number of para-hydroxylation sites is 2. The van der Waals surface area contributed by atoms with Crippen molar-refractivity contribution in [1.82, 2.24) is 15.3 Å². The number of ether oxygens (including phenoxy) is 1. The van der Waals surface area contributed by atoms with Gasteiger partial charge in [-0.2, -0.15) is 0 Å². The van der Waals surface area contributed by atoms with Crippen molar-refractivity contribution in [1.29, 1.82) is 0 Å². The Kier molecular flexibility index (Phi) is 6.22. The van der Waals surface area contributed by atoms with E-state index < -0.39 is 12.0 Å². The Morgan fingerprint density at radius 1 is 1.04 bits per heavy atom. The van der Waals surface area contributed by atoms with Crippen LogP contribution in [-0.4, -0.2) is 34.3 Å². The quantitative estimate of drug-likeness (QED) is 0.495. The molecular formula is C19H18N4O3S. The largest absolute Gasteiger partial charge is 0.450 e. The van der Waals surface area contributed by atoms with E-state index in [-0.39, 0.29) is 12.4 Å². The van der Waals surface area contributed by atoms with Gasteiger partial charge >= 0.3 is 6.09 Å². The minimum Gasteiger partial charge on any atom is -0.450 e. The lowest BCUT2D eigenvalue weighted by atomic mass is 10.2. The van der Waals surface area contributed by atoms with Crippen LogP contribution < -0.4 is 10.6 Å². The van der Waals surface area contributed by atoms with Crippen molar-refractivity contribution in [2.75, 3.05) is 17.7 Å². The highest BCUT2D eigenvalue weighted by atomic mass is 32.2. The number of benzene rings is 2. The molecule has 0 radical (unpaired) electrons. The standard InChI is InChI=1S/C19H18N4O3S/c1-2-26-19(25)22-16(24)12-27-18-21-15-11-7-6-10-14(15)17(23-18)20-13-8-4-3-5-9-13/h3-11H,2,12H2,1H3,(H,20,21,23)(H,22,24,25). The number of aromatic nitrogens is 2. The van der Waals surface area contributed by atoms with Gasteiger partial charge in [-0.3, -0.25) is 10.1 Å². The van der Waals surface area contributed by atoms with Gasteiger partial charge in [0.05, 0.1) is 17.9 Å². The van der Waals surface area contributed by atoms with Crippen LogP contribution in [0.1, 0.15) is 6.92 Å². The van der Waals surface area contributed by atoms with E-state index in [1.165, 1.54) is 0 Å².